The van der Waals surface area contributed by atoms with Gasteiger partial charge in [0.15, 0.2) is 0 Å². The van der Waals surface area contributed by atoms with E-state index in [1.165, 1.54) is 5.56 Å². The summed E-state index contributed by atoms with van der Waals surface area (Å²) in [7, 11) is 0. The van der Waals surface area contributed by atoms with Gasteiger partial charge in [-0.1, -0.05) is 55.3 Å². The molecule has 1 aromatic heterocycles. The minimum absolute atomic E-state index is 0.437. The van der Waals surface area contributed by atoms with Crippen LogP contribution in [0.15, 0.2) is 30.3 Å². The van der Waals surface area contributed by atoms with Gasteiger partial charge in [0.1, 0.15) is 5.15 Å². The summed E-state index contributed by atoms with van der Waals surface area (Å²) in [6, 6.07) is 10.5. The van der Waals surface area contributed by atoms with Gasteiger partial charge in [0.2, 0.25) is 0 Å². The summed E-state index contributed by atoms with van der Waals surface area (Å²) >= 11 is 12.3. The summed E-state index contributed by atoms with van der Waals surface area (Å²) in [5, 5.41) is 5.31. The Balaban J connectivity index is 1.99. The topological polar surface area (TPSA) is 17.8 Å². The predicted octanol–water partition coefficient (Wildman–Crippen LogP) is 4.86. The maximum Gasteiger partial charge on any atom is 0.131 e. The van der Waals surface area contributed by atoms with Crippen molar-refractivity contribution in [2.24, 2.45) is 0 Å². The third-order valence-corrected chi connectivity index (χ3v) is 4.05. The van der Waals surface area contributed by atoms with Crippen LogP contribution < -0.4 is 0 Å². The number of aryl methyl sites for hydroxylation is 3. The second-order valence-electron chi connectivity index (χ2n) is 4.91. The van der Waals surface area contributed by atoms with Crippen LogP contribution in [0.4, 0.5) is 0 Å². The molecule has 0 saturated carbocycles. The normalized spacial score (nSPS) is 10.9. The van der Waals surface area contributed by atoms with E-state index in [1.54, 1.807) is 0 Å². The van der Waals surface area contributed by atoms with Crippen molar-refractivity contribution in [1.82, 2.24) is 9.78 Å². The Bertz CT molecular complexity index is 535. The molecule has 2 nitrogen and oxygen atoms in total. The lowest BCUT2D eigenvalue weighted by molar-refractivity contribution is 0.571. The number of nitrogens with zero attached hydrogens (tertiary/aromatic N) is 2. The zero-order valence-corrected chi connectivity index (χ0v) is 13.3. The summed E-state index contributed by atoms with van der Waals surface area (Å²) in [5.41, 5.74) is 3.39. The van der Waals surface area contributed by atoms with Crippen molar-refractivity contribution in [3.63, 3.8) is 0 Å². The molecule has 2 rings (SSSR count). The van der Waals surface area contributed by atoms with Crippen LogP contribution in [0.5, 0.6) is 0 Å². The minimum atomic E-state index is 0.437. The van der Waals surface area contributed by atoms with Gasteiger partial charge < -0.3 is 0 Å². The molecular formula is C16H20Cl2N2. The number of hydrogen-bond donors (Lipinski definition) is 0. The fourth-order valence-corrected chi connectivity index (χ4v) is 2.97. The molecule has 0 unspecified atom stereocenters. The molecule has 1 heterocycles. The zero-order valence-electron chi connectivity index (χ0n) is 11.8. The lowest BCUT2D eigenvalue weighted by Crippen LogP contribution is -2.02. The molecule has 0 spiro atoms. The van der Waals surface area contributed by atoms with Gasteiger partial charge in [0.05, 0.1) is 11.6 Å². The van der Waals surface area contributed by atoms with E-state index in [4.69, 9.17) is 23.2 Å². The van der Waals surface area contributed by atoms with Gasteiger partial charge in [0, 0.05) is 12.1 Å². The van der Waals surface area contributed by atoms with Crippen molar-refractivity contribution in [1.29, 1.82) is 0 Å². The first-order chi connectivity index (χ1) is 9.76. The second-order valence-corrected chi connectivity index (χ2v) is 5.54. The lowest BCUT2D eigenvalue weighted by Gasteiger charge is -2.04. The molecule has 0 amide bonds. The highest BCUT2D eigenvalue weighted by Crippen LogP contribution is 2.23. The lowest BCUT2D eigenvalue weighted by atomic mass is 10.1. The van der Waals surface area contributed by atoms with Crippen molar-refractivity contribution in [3.8, 4) is 0 Å². The highest BCUT2D eigenvalue weighted by atomic mass is 35.5. The minimum Gasteiger partial charge on any atom is -0.253 e. The first kappa shape index (κ1) is 15.4. The molecule has 0 radical (unpaired) electrons. The maximum absolute atomic E-state index is 6.36. The molecule has 0 bridgehead atoms. The SMILES string of the molecule is CCCc1nn(CCCc2ccccc2)c(Cl)c1CCl. The van der Waals surface area contributed by atoms with E-state index in [9.17, 15) is 0 Å². The average Bonchev–Trinajstić information content (AvgIpc) is 2.76. The average molecular weight is 311 g/mol. The van der Waals surface area contributed by atoms with Crippen LogP contribution in [0, 0.1) is 0 Å². The Kier molecular flexibility index (Phi) is 5.93. The second kappa shape index (κ2) is 7.70. The third kappa shape index (κ3) is 3.77. The number of aromatic nitrogens is 2. The fraction of sp³-hybridized carbons (Fsp3) is 0.438. The highest BCUT2D eigenvalue weighted by molar-refractivity contribution is 6.31. The van der Waals surface area contributed by atoms with Gasteiger partial charge in [-0.15, -0.1) is 11.6 Å². The van der Waals surface area contributed by atoms with Gasteiger partial charge in [0.25, 0.3) is 0 Å². The summed E-state index contributed by atoms with van der Waals surface area (Å²) in [4.78, 5) is 0. The van der Waals surface area contributed by atoms with Crippen LogP contribution in [0.1, 0.15) is 36.6 Å². The van der Waals surface area contributed by atoms with E-state index < -0.39 is 0 Å². The van der Waals surface area contributed by atoms with Gasteiger partial charge in [-0.05, 0) is 24.8 Å². The van der Waals surface area contributed by atoms with E-state index in [1.807, 2.05) is 10.7 Å². The summed E-state index contributed by atoms with van der Waals surface area (Å²) in [5.74, 6) is 0.437. The first-order valence-electron chi connectivity index (χ1n) is 7.10. The highest BCUT2D eigenvalue weighted by Gasteiger charge is 2.14. The summed E-state index contributed by atoms with van der Waals surface area (Å²) in [6.45, 7) is 2.97. The Morgan fingerprint density at radius 2 is 1.90 bits per heavy atom. The molecule has 0 fully saturated rings. The van der Waals surface area contributed by atoms with Crippen LogP contribution in [-0.4, -0.2) is 9.78 Å². The van der Waals surface area contributed by atoms with Gasteiger partial charge in [-0.2, -0.15) is 5.10 Å². The Morgan fingerprint density at radius 1 is 1.15 bits per heavy atom. The van der Waals surface area contributed by atoms with E-state index in [2.05, 4.69) is 36.3 Å². The molecule has 108 valence electrons. The first-order valence-corrected chi connectivity index (χ1v) is 8.01. The van der Waals surface area contributed by atoms with Crippen LogP contribution in [0.2, 0.25) is 5.15 Å². The van der Waals surface area contributed by atoms with Crippen molar-refractivity contribution < 1.29 is 0 Å². The number of rotatable bonds is 7. The molecule has 0 N–H and O–H groups in total. The molecular weight excluding hydrogens is 291 g/mol. The van der Waals surface area contributed by atoms with Crippen molar-refractivity contribution in [3.05, 3.63) is 52.3 Å². The predicted molar refractivity (Wildman–Crippen MR) is 85.6 cm³/mol. The van der Waals surface area contributed by atoms with E-state index in [0.717, 1.165) is 43.5 Å². The molecule has 0 aliphatic rings. The number of benzene rings is 1. The third-order valence-electron chi connectivity index (χ3n) is 3.36. The van der Waals surface area contributed by atoms with E-state index in [0.29, 0.717) is 11.0 Å². The number of alkyl halides is 1. The molecule has 20 heavy (non-hydrogen) atoms. The monoisotopic (exact) mass is 310 g/mol. The Labute approximate surface area is 130 Å². The van der Waals surface area contributed by atoms with Crippen molar-refractivity contribution in [2.75, 3.05) is 0 Å². The number of halogens is 2. The summed E-state index contributed by atoms with van der Waals surface area (Å²) in [6.07, 6.45) is 4.06. The molecule has 4 heteroatoms. The van der Waals surface area contributed by atoms with Crippen molar-refractivity contribution in [2.45, 2.75) is 45.0 Å². The molecule has 1 aromatic carbocycles. The van der Waals surface area contributed by atoms with Gasteiger partial charge in [-0.3, -0.25) is 4.68 Å². The van der Waals surface area contributed by atoms with Gasteiger partial charge in [-0.25, -0.2) is 0 Å². The van der Waals surface area contributed by atoms with Crippen LogP contribution in [0.25, 0.3) is 0 Å². The Hall–Kier alpha value is -0.990. The van der Waals surface area contributed by atoms with Crippen LogP contribution in [0.3, 0.4) is 0 Å². The van der Waals surface area contributed by atoms with Crippen molar-refractivity contribution >= 4 is 23.2 Å². The Morgan fingerprint density at radius 3 is 2.55 bits per heavy atom. The standard InChI is InChI=1S/C16H20Cl2N2/c1-2-7-15-14(12-17)16(18)20(19-15)11-6-10-13-8-4-3-5-9-13/h3-5,8-9H,2,6-7,10-12H2,1H3. The van der Waals surface area contributed by atoms with E-state index >= 15 is 0 Å². The van der Waals surface area contributed by atoms with Crippen LogP contribution >= 0.6 is 23.2 Å². The van der Waals surface area contributed by atoms with Gasteiger partial charge >= 0.3 is 0 Å². The molecule has 0 atom stereocenters. The van der Waals surface area contributed by atoms with E-state index in [-0.39, 0.29) is 0 Å². The summed E-state index contributed by atoms with van der Waals surface area (Å²) < 4.78 is 1.90. The fourth-order valence-electron chi connectivity index (χ4n) is 2.32. The number of hydrogen-bond acceptors (Lipinski definition) is 1. The molecule has 0 saturated heterocycles. The van der Waals surface area contributed by atoms with Crippen LogP contribution in [-0.2, 0) is 25.3 Å². The zero-order chi connectivity index (χ0) is 14.4. The smallest absolute Gasteiger partial charge is 0.131 e. The molecule has 0 aliphatic heterocycles. The maximum atomic E-state index is 6.36. The largest absolute Gasteiger partial charge is 0.253 e. The quantitative estimate of drug-likeness (QED) is 0.668. The molecule has 2 aromatic rings. The molecule has 0 aliphatic carbocycles.